The molecule has 1 aliphatic carbocycles. The Morgan fingerprint density at radius 3 is 2.46 bits per heavy atom. The lowest BCUT2D eigenvalue weighted by molar-refractivity contribution is 0.0597. The molecule has 2 aromatic heterocycles. The molecule has 3 aromatic rings. The molecular weight excluding hydrogens is 465 g/mol. The zero-order valence-corrected chi connectivity index (χ0v) is 22.0. The van der Waals surface area contributed by atoms with Crippen LogP contribution in [-0.2, 0) is 5.67 Å². The van der Waals surface area contributed by atoms with Gasteiger partial charge in [0, 0.05) is 75.8 Å². The van der Waals surface area contributed by atoms with Gasteiger partial charge in [-0.3, -0.25) is 14.7 Å². The van der Waals surface area contributed by atoms with Crippen LogP contribution in [0.5, 0.6) is 0 Å². The number of halogens is 1. The van der Waals surface area contributed by atoms with Crippen molar-refractivity contribution in [2.24, 2.45) is 0 Å². The average molecular weight is 500 g/mol. The van der Waals surface area contributed by atoms with Crippen LogP contribution in [0.15, 0.2) is 60.4 Å². The summed E-state index contributed by atoms with van der Waals surface area (Å²) >= 11 is 0. The first-order valence-corrected chi connectivity index (χ1v) is 12.9. The van der Waals surface area contributed by atoms with E-state index in [9.17, 15) is 4.79 Å². The molecule has 7 heteroatoms. The Morgan fingerprint density at radius 2 is 1.84 bits per heavy atom. The first-order chi connectivity index (χ1) is 17.8. The molecule has 1 unspecified atom stereocenters. The number of likely N-dealkylation sites (tertiary alicyclic amines) is 1. The summed E-state index contributed by atoms with van der Waals surface area (Å²) in [6, 6.07) is 13.1. The highest BCUT2D eigenvalue weighted by Crippen LogP contribution is 2.42. The van der Waals surface area contributed by atoms with Crippen molar-refractivity contribution in [2.45, 2.75) is 31.4 Å². The van der Waals surface area contributed by atoms with Gasteiger partial charge in [-0.15, -0.1) is 0 Å². The normalized spacial score (nSPS) is 18.7. The molecule has 37 heavy (non-hydrogen) atoms. The van der Waals surface area contributed by atoms with Gasteiger partial charge in [0.05, 0.1) is 5.69 Å². The molecule has 1 amide bonds. The number of alkyl halides is 1. The Hall–Kier alpha value is -3.58. The fourth-order valence-corrected chi connectivity index (χ4v) is 5.39. The van der Waals surface area contributed by atoms with Gasteiger partial charge in [0.15, 0.2) is 0 Å². The average Bonchev–Trinajstić information content (AvgIpc) is 3.24. The summed E-state index contributed by atoms with van der Waals surface area (Å²) in [5.74, 6) is 0.988. The zero-order valence-electron chi connectivity index (χ0n) is 22.0. The van der Waals surface area contributed by atoms with Crippen molar-refractivity contribution in [1.82, 2.24) is 19.8 Å². The minimum absolute atomic E-state index is 0.0712. The monoisotopic (exact) mass is 499 g/mol. The second kappa shape index (κ2) is 10.1. The van der Waals surface area contributed by atoms with Gasteiger partial charge in [-0.2, -0.15) is 0 Å². The molecule has 1 aliphatic heterocycles. The maximum atomic E-state index is 15.9. The molecule has 0 bridgehead atoms. The highest BCUT2D eigenvalue weighted by molar-refractivity contribution is 5.93. The van der Waals surface area contributed by atoms with Crippen LogP contribution in [0.1, 0.15) is 52.9 Å². The fraction of sp³-hybridized carbons (Fsp3) is 0.367. The second-order valence-corrected chi connectivity index (χ2v) is 10.3. The summed E-state index contributed by atoms with van der Waals surface area (Å²) in [4.78, 5) is 25.2. The van der Waals surface area contributed by atoms with E-state index in [0.29, 0.717) is 37.1 Å². The Kier molecular flexibility index (Phi) is 6.82. The molecule has 1 fully saturated rings. The molecule has 1 aromatic carbocycles. The smallest absolute Gasteiger partial charge is 0.253 e. The number of carbonyl (C=O) groups excluding carboxylic acids is 1. The first-order valence-electron chi connectivity index (χ1n) is 12.9. The van der Waals surface area contributed by atoms with Crippen molar-refractivity contribution in [1.29, 1.82) is 0 Å². The van der Waals surface area contributed by atoms with Crippen LogP contribution in [0.25, 0.3) is 17.2 Å². The largest absolute Gasteiger partial charge is 0.373 e. The number of amides is 1. The summed E-state index contributed by atoms with van der Waals surface area (Å²) < 4.78 is 15.9. The summed E-state index contributed by atoms with van der Waals surface area (Å²) in [7, 11) is 5.30. The lowest BCUT2D eigenvalue weighted by atomic mass is 9.85. The highest BCUT2D eigenvalue weighted by Gasteiger charge is 2.37. The van der Waals surface area contributed by atoms with E-state index < -0.39 is 5.67 Å². The maximum absolute atomic E-state index is 15.9. The summed E-state index contributed by atoms with van der Waals surface area (Å²) in [5, 5.41) is 3.06. The van der Waals surface area contributed by atoms with Gasteiger partial charge in [0.1, 0.15) is 11.5 Å². The van der Waals surface area contributed by atoms with Crippen molar-refractivity contribution >= 4 is 17.8 Å². The number of pyridine rings is 2. The van der Waals surface area contributed by atoms with Gasteiger partial charge < -0.3 is 10.2 Å². The SMILES string of the molecule is CNc1ccc(-c2ccnc3c2C=C(CN2CCC(F)(c4ccc(C(=O)N(C)C)cc4)CC2)C3C)cn1. The number of hydrogen-bond donors (Lipinski definition) is 1. The van der Waals surface area contributed by atoms with E-state index in [2.05, 4.69) is 40.3 Å². The Labute approximate surface area is 218 Å². The van der Waals surface area contributed by atoms with Gasteiger partial charge in [-0.25, -0.2) is 9.37 Å². The fourth-order valence-electron chi connectivity index (χ4n) is 5.39. The third-order valence-corrected chi connectivity index (χ3v) is 7.76. The standard InChI is InChI=1S/C30H34FN5O/c1-20-23(17-26-25(11-14-33-28(20)26)22-7-10-27(32-2)34-18-22)19-36-15-12-30(31,13-16-36)24-8-5-21(6-9-24)29(37)35(3)4/h5-11,14,17-18,20H,12-13,15-16,19H2,1-4H3,(H,32,34). The van der Waals surface area contributed by atoms with Gasteiger partial charge in [-0.05, 0) is 59.9 Å². The molecule has 1 atom stereocenters. The minimum atomic E-state index is -1.37. The number of carbonyl (C=O) groups is 1. The number of nitrogens with zero attached hydrogens (tertiary/aromatic N) is 4. The number of benzene rings is 1. The number of hydrogen-bond acceptors (Lipinski definition) is 5. The van der Waals surface area contributed by atoms with Crippen LogP contribution < -0.4 is 5.32 Å². The van der Waals surface area contributed by atoms with E-state index in [0.717, 1.165) is 34.7 Å². The predicted octanol–water partition coefficient (Wildman–Crippen LogP) is 5.35. The van der Waals surface area contributed by atoms with Crippen LogP contribution in [0, 0.1) is 0 Å². The molecule has 0 spiro atoms. The van der Waals surface area contributed by atoms with Gasteiger partial charge >= 0.3 is 0 Å². The van der Waals surface area contributed by atoms with E-state index in [1.807, 2.05) is 25.5 Å². The van der Waals surface area contributed by atoms with Gasteiger partial charge in [-0.1, -0.05) is 25.1 Å². The molecule has 5 rings (SSSR count). The van der Waals surface area contributed by atoms with Crippen molar-refractivity contribution < 1.29 is 9.18 Å². The van der Waals surface area contributed by atoms with Crippen LogP contribution >= 0.6 is 0 Å². The number of piperidine rings is 1. The van der Waals surface area contributed by atoms with Crippen molar-refractivity contribution in [3.8, 4) is 11.1 Å². The van der Waals surface area contributed by atoms with E-state index in [-0.39, 0.29) is 11.8 Å². The van der Waals surface area contributed by atoms with E-state index in [4.69, 9.17) is 4.98 Å². The molecule has 6 nitrogen and oxygen atoms in total. The molecule has 3 heterocycles. The number of rotatable bonds is 6. The number of fused-ring (bicyclic) bond motifs is 1. The number of aromatic nitrogens is 2. The number of nitrogens with one attached hydrogen (secondary N) is 1. The lowest BCUT2D eigenvalue weighted by Crippen LogP contribution is -2.41. The molecule has 1 saturated heterocycles. The van der Waals surface area contributed by atoms with Crippen LogP contribution in [-0.4, -0.2) is 66.5 Å². The van der Waals surface area contributed by atoms with Gasteiger partial charge in [0.25, 0.3) is 5.91 Å². The minimum Gasteiger partial charge on any atom is -0.373 e. The van der Waals surface area contributed by atoms with E-state index in [1.54, 1.807) is 38.4 Å². The van der Waals surface area contributed by atoms with Crippen molar-refractivity contribution in [2.75, 3.05) is 46.1 Å². The Bertz CT molecular complexity index is 1310. The molecule has 1 N–H and O–H groups in total. The molecular formula is C30H34FN5O. The third kappa shape index (κ3) is 4.88. The topological polar surface area (TPSA) is 61.4 Å². The highest BCUT2D eigenvalue weighted by atomic mass is 19.1. The van der Waals surface area contributed by atoms with Crippen molar-refractivity contribution in [3.63, 3.8) is 0 Å². The predicted molar refractivity (Wildman–Crippen MR) is 146 cm³/mol. The molecule has 192 valence electrons. The second-order valence-electron chi connectivity index (χ2n) is 10.3. The van der Waals surface area contributed by atoms with E-state index >= 15 is 4.39 Å². The molecule has 0 radical (unpaired) electrons. The molecule has 0 saturated carbocycles. The quantitative estimate of drug-likeness (QED) is 0.496. The van der Waals surface area contributed by atoms with Crippen molar-refractivity contribution in [3.05, 3.63) is 82.8 Å². The van der Waals surface area contributed by atoms with Crippen LogP contribution in [0.2, 0.25) is 0 Å². The van der Waals surface area contributed by atoms with Crippen LogP contribution in [0.3, 0.4) is 0 Å². The Morgan fingerprint density at radius 1 is 1.11 bits per heavy atom. The number of anilines is 1. The third-order valence-electron chi connectivity index (χ3n) is 7.76. The summed E-state index contributed by atoms with van der Waals surface area (Å²) in [5.41, 5.74) is 5.65. The lowest BCUT2D eigenvalue weighted by Gasteiger charge is -2.37. The zero-order chi connectivity index (χ0) is 26.2. The Balaban J connectivity index is 1.27. The summed E-state index contributed by atoms with van der Waals surface area (Å²) in [6.07, 6.45) is 6.92. The van der Waals surface area contributed by atoms with E-state index in [1.165, 1.54) is 10.5 Å². The summed E-state index contributed by atoms with van der Waals surface area (Å²) in [6.45, 7) is 4.38. The first kappa shape index (κ1) is 25.1. The van der Waals surface area contributed by atoms with Gasteiger partial charge in [0.2, 0.25) is 0 Å². The maximum Gasteiger partial charge on any atom is 0.253 e. The molecule has 2 aliphatic rings. The van der Waals surface area contributed by atoms with Crippen LogP contribution in [0.4, 0.5) is 10.2 Å².